The van der Waals surface area contributed by atoms with Gasteiger partial charge in [-0.3, -0.25) is 0 Å². The molecule has 0 radical (unpaired) electrons. The molecule has 3 rings (SSSR count). The second-order valence-electron chi connectivity index (χ2n) is 4.82. The maximum Gasteiger partial charge on any atom is 0.0897 e. The van der Waals surface area contributed by atoms with Crippen LogP contribution < -0.4 is 10.6 Å². The van der Waals surface area contributed by atoms with Gasteiger partial charge in [0.15, 0.2) is 0 Å². The molecule has 2 heterocycles. The summed E-state index contributed by atoms with van der Waals surface area (Å²) in [6.45, 7) is 3.88. The van der Waals surface area contributed by atoms with Crippen LogP contribution >= 0.6 is 11.3 Å². The maximum absolute atomic E-state index is 6.14. The van der Waals surface area contributed by atoms with Crippen molar-refractivity contribution in [2.45, 2.75) is 25.9 Å². The minimum absolute atomic E-state index is 0.230. The number of hydrogen-bond acceptors (Lipinski definition) is 4. The van der Waals surface area contributed by atoms with Gasteiger partial charge in [0.05, 0.1) is 11.6 Å². The van der Waals surface area contributed by atoms with Gasteiger partial charge in [-0.05, 0) is 25.0 Å². The number of hydrogen-bond donors (Lipinski definition) is 1. The Balaban J connectivity index is 1.88. The number of nitrogens with two attached hydrogens (primary N) is 1. The number of thiazole rings is 1. The molecule has 1 aliphatic heterocycles. The van der Waals surface area contributed by atoms with E-state index in [1.54, 1.807) is 11.3 Å². The van der Waals surface area contributed by atoms with E-state index in [0.29, 0.717) is 0 Å². The molecule has 0 amide bonds. The van der Waals surface area contributed by atoms with Crippen LogP contribution in [-0.2, 0) is 13.0 Å². The lowest BCUT2D eigenvalue weighted by atomic mass is 9.98. The van der Waals surface area contributed by atoms with Crippen molar-refractivity contribution in [2.24, 2.45) is 5.73 Å². The van der Waals surface area contributed by atoms with Gasteiger partial charge in [0, 0.05) is 29.3 Å². The Morgan fingerprint density at radius 3 is 3.06 bits per heavy atom. The summed E-state index contributed by atoms with van der Waals surface area (Å²) >= 11 is 1.76. The predicted octanol–water partition coefficient (Wildman–Crippen LogP) is 2.34. The van der Waals surface area contributed by atoms with E-state index in [1.165, 1.54) is 16.1 Å². The van der Waals surface area contributed by atoms with Gasteiger partial charge in [-0.25, -0.2) is 4.98 Å². The van der Waals surface area contributed by atoms with Crippen molar-refractivity contribution in [3.63, 3.8) is 0 Å². The van der Waals surface area contributed by atoms with Gasteiger partial charge in [-0.15, -0.1) is 11.3 Å². The number of nitrogens with zero attached hydrogens (tertiary/aromatic N) is 2. The first kappa shape index (κ1) is 11.7. The van der Waals surface area contributed by atoms with Gasteiger partial charge in [0.2, 0.25) is 0 Å². The van der Waals surface area contributed by atoms with E-state index in [4.69, 9.17) is 5.73 Å². The summed E-state index contributed by atoms with van der Waals surface area (Å²) in [5.74, 6) is 0. The molecule has 1 aromatic carbocycles. The summed E-state index contributed by atoms with van der Waals surface area (Å²) in [5.41, 5.74) is 8.83. The van der Waals surface area contributed by atoms with Crippen molar-refractivity contribution in [3.8, 4) is 0 Å². The minimum Gasteiger partial charge on any atom is -0.365 e. The largest absolute Gasteiger partial charge is 0.365 e. The van der Waals surface area contributed by atoms with Gasteiger partial charge in [0.25, 0.3) is 0 Å². The zero-order valence-electron chi connectivity index (χ0n) is 10.5. The Kier molecular flexibility index (Phi) is 3.06. The number of rotatable bonds is 2. The summed E-state index contributed by atoms with van der Waals surface area (Å²) in [6.07, 6.45) is 2.96. The predicted molar refractivity (Wildman–Crippen MR) is 76.0 cm³/mol. The van der Waals surface area contributed by atoms with Crippen molar-refractivity contribution in [3.05, 3.63) is 45.9 Å². The van der Waals surface area contributed by atoms with Crippen molar-refractivity contribution >= 4 is 17.0 Å². The number of aryl methyl sites for hydroxylation is 1. The highest BCUT2D eigenvalue weighted by Gasteiger charge is 2.21. The fraction of sp³-hybridized carbons (Fsp3) is 0.357. The standard InChI is InChI=1S/C14H17N3S/c1-10-16-7-13(18-10)9-17-8-12(15)6-11-4-2-3-5-14(11)17/h2-5,7,12H,6,8-9,15H2,1H3. The zero-order chi connectivity index (χ0) is 12.5. The second-order valence-corrected chi connectivity index (χ2v) is 6.14. The summed E-state index contributed by atoms with van der Waals surface area (Å²) in [4.78, 5) is 7.99. The van der Waals surface area contributed by atoms with Gasteiger partial charge in [-0.2, -0.15) is 0 Å². The molecule has 4 heteroatoms. The van der Waals surface area contributed by atoms with Crippen LogP contribution in [0, 0.1) is 6.92 Å². The van der Waals surface area contributed by atoms with Crippen molar-refractivity contribution in [1.29, 1.82) is 0 Å². The second kappa shape index (κ2) is 4.71. The zero-order valence-corrected chi connectivity index (χ0v) is 11.3. The van der Waals surface area contributed by atoms with Crippen LogP contribution in [0.5, 0.6) is 0 Å². The first-order valence-electron chi connectivity index (χ1n) is 6.22. The Labute approximate surface area is 111 Å². The Hall–Kier alpha value is -1.39. The minimum atomic E-state index is 0.230. The topological polar surface area (TPSA) is 42.2 Å². The van der Waals surface area contributed by atoms with Gasteiger partial charge in [-0.1, -0.05) is 18.2 Å². The fourth-order valence-electron chi connectivity index (χ4n) is 2.54. The molecule has 18 heavy (non-hydrogen) atoms. The molecular weight excluding hydrogens is 242 g/mol. The molecule has 0 fully saturated rings. The van der Waals surface area contributed by atoms with Crippen LogP contribution in [0.2, 0.25) is 0 Å². The number of para-hydroxylation sites is 1. The maximum atomic E-state index is 6.14. The van der Waals surface area contributed by atoms with Crippen LogP contribution in [0.15, 0.2) is 30.5 Å². The van der Waals surface area contributed by atoms with Gasteiger partial charge in [0.1, 0.15) is 0 Å². The molecule has 0 aliphatic carbocycles. The molecule has 1 aromatic heterocycles. The van der Waals surface area contributed by atoms with E-state index in [-0.39, 0.29) is 6.04 Å². The molecule has 0 saturated carbocycles. The Morgan fingerprint density at radius 1 is 1.44 bits per heavy atom. The number of fused-ring (bicyclic) bond motifs is 1. The van der Waals surface area contributed by atoms with E-state index in [2.05, 4.69) is 34.1 Å². The van der Waals surface area contributed by atoms with Gasteiger partial charge < -0.3 is 10.6 Å². The molecule has 0 saturated heterocycles. The van der Waals surface area contributed by atoms with Crippen LogP contribution in [-0.4, -0.2) is 17.6 Å². The first-order chi connectivity index (χ1) is 8.72. The van der Waals surface area contributed by atoms with Crippen molar-refractivity contribution < 1.29 is 0 Å². The molecule has 2 aromatic rings. The third-order valence-electron chi connectivity index (χ3n) is 3.29. The first-order valence-corrected chi connectivity index (χ1v) is 7.04. The summed E-state index contributed by atoms with van der Waals surface area (Å²) < 4.78 is 0. The SMILES string of the molecule is Cc1ncc(CN2CC(N)Cc3ccccc32)s1. The molecule has 1 unspecified atom stereocenters. The normalized spacial score (nSPS) is 18.8. The smallest absolute Gasteiger partial charge is 0.0897 e. The van der Waals surface area contributed by atoms with Crippen LogP contribution in [0.1, 0.15) is 15.4 Å². The van der Waals surface area contributed by atoms with Gasteiger partial charge >= 0.3 is 0 Å². The third kappa shape index (κ3) is 2.26. The Bertz CT molecular complexity index is 549. The molecule has 1 aliphatic rings. The lowest BCUT2D eigenvalue weighted by Crippen LogP contribution is -2.42. The summed E-state index contributed by atoms with van der Waals surface area (Å²) in [7, 11) is 0. The molecule has 0 bridgehead atoms. The lowest BCUT2D eigenvalue weighted by Gasteiger charge is -2.34. The third-order valence-corrected chi connectivity index (χ3v) is 4.18. The molecule has 3 nitrogen and oxygen atoms in total. The molecule has 0 spiro atoms. The van der Waals surface area contributed by atoms with Crippen LogP contribution in [0.4, 0.5) is 5.69 Å². The summed E-state index contributed by atoms with van der Waals surface area (Å²) in [5, 5.41) is 1.12. The number of benzene rings is 1. The van der Waals surface area contributed by atoms with Crippen molar-refractivity contribution in [2.75, 3.05) is 11.4 Å². The Morgan fingerprint density at radius 2 is 2.28 bits per heavy atom. The average molecular weight is 259 g/mol. The van der Waals surface area contributed by atoms with E-state index >= 15 is 0 Å². The molecule has 1 atom stereocenters. The summed E-state index contributed by atoms with van der Waals surface area (Å²) in [6, 6.07) is 8.79. The average Bonchev–Trinajstić information content (AvgIpc) is 2.74. The lowest BCUT2D eigenvalue weighted by molar-refractivity contribution is 0.600. The van der Waals surface area contributed by atoms with Crippen LogP contribution in [0.25, 0.3) is 0 Å². The van der Waals surface area contributed by atoms with E-state index in [0.717, 1.165) is 24.5 Å². The van der Waals surface area contributed by atoms with Crippen LogP contribution in [0.3, 0.4) is 0 Å². The highest BCUT2D eigenvalue weighted by Crippen LogP contribution is 2.28. The highest BCUT2D eigenvalue weighted by molar-refractivity contribution is 7.11. The number of anilines is 1. The monoisotopic (exact) mass is 259 g/mol. The van der Waals surface area contributed by atoms with E-state index < -0.39 is 0 Å². The van der Waals surface area contributed by atoms with E-state index in [9.17, 15) is 0 Å². The molecule has 2 N–H and O–H groups in total. The highest BCUT2D eigenvalue weighted by atomic mass is 32.1. The molecular formula is C14H17N3S. The van der Waals surface area contributed by atoms with E-state index in [1.807, 2.05) is 13.1 Å². The van der Waals surface area contributed by atoms with Crippen molar-refractivity contribution in [1.82, 2.24) is 4.98 Å². The fourth-order valence-corrected chi connectivity index (χ4v) is 3.35. The molecule has 94 valence electrons. The quantitative estimate of drug-likeness (QED) is 0.900. The number of aromatic nitrogens is 1.